The lowest BCUT2D eigenvalue weighted by Crippen LogP contribution is -2.57. The van der Waals surface area contributed by atoms with Gasteiger partial charge in [0, 0.05) is 28.3 Å². The van der Waals surface area contributed by atoms with Crippen LogP contribution in [0.4, 0.5) is 5.69 Å². The highest BCUT2D eigenvalue weighted by Gasteiger charge is 2.72. The van der Waals surface area contributed by atoms with Crippen molar-refractivity contribution in [1.29, 1.82) is 0 Å². The summed E-state index contributed by atoms with van der Waals surface area (Å²) in [5, 5.41) is 7.18. The molecule has 2 aromatic rings. The molecule has 3 aliphatic heterocycles. The standard InChI is InChI=1S/C31H33Cl2N3O4/c1-17-7-5-12-23(18(17)2)35-29(38)27-31-14-13-24(40-31)25(28(37)34-21-10-6-9-20(32)15-21)26(31)30(39)36(27)16-19-8-3-4-11-22(19)33/h3-4,6,8-11,13-15,17-18,23-27H,5,7,12,16H2,1-2H3,(H,34,37)(H,35,38)/t17-,18-,23+,24+,25+,26+,27+,31+/m1/s1. The molecule has 0 radical (unpaired) electrons. The lowest BCUT2D eigenvalue weighted by atomic mass is 9.73. The van der Waals surface area contributed by atoms with E-state index in [1.807, 2.05) is 30.4 Å². The number of rotatable bonds is 6. The Morgan fingerprint density at radius 3 is 2.65 bits per heavy atom. The molecule has 2 N–H and O–H groups in total. The van der Waals surface area contributed by atoms with Gasteiger partial charge in [-0.3, -0.25) is 14.4 Å². The van der Waals surface area contributed by atoms with Crippen molar-refractivity contribution in [3.05, 3.63) is 76.3 Å². The number of carbonyl (C=O) groups is 3. The largest absolute Gasteiger partial charge is 0.359 e. The van der Waals surface area contributed by atoms with E-state index in [4.69, 9.17) is 27.9 Å². The van der Waals surface area contributed by atoms with Gasteiger partial charge in [0.2, 0.25) is 17.7 Å². The van der Waals surface area contributed by atoms with Crippen molar-refractivity contribution < 1.29 is 19.1 Å². The summed E-state index contributed by atoms with van der Waals surface area (Å²) in [4.78, 5) is 43.6. The Hall–Kier alpha value is -2.87. The fourth-order valence-electron chi connectivity index (χ4n) is 7.09. The fourth-order valence-corrected chi connectivity index (χ4v) is 7.47. The highest BCUT2D eigenvalue weighted by atomic mass is 35.5. The van der Waals surface area contributed by atoms with Gasteiger partial charge in [-0.15, -0.1) is 0 Å². The molecule has 3 heterocycles. The molecule has 4 aliphatic rings. The first kappa shape index (κ1) is 27.3. The van der Waals surface area contributed by atoms with Crippen molar-refractivity contribution in [2.75, 3.05) is 5.32 Å². The first-order valence-electron chi connectivity index (χ1n) is 14.0. The predicted molar refractivity (Wildman–Crippen MR) is 154 cm³/mol. The second-order valence-electron chi connectivity index (χ2n) is 11.6. The van der Waals surface area contributed by atoms with E-state index < -0.39 is 29.6 Å². The van der Waals surface area contributed by atoms with Gasteiger partial charge in [-0.1, -0.05) is 86.3 Å². The number of carbonyl (C=O) groups excluding carboxylic acids is 3. The van der Waals surface area contributed by atoms with Crippen molar-refractivity contribution >= 4 is 46.6 Å². The zero-order chi connectivity index (χ0) is 28.2. The molecular formula is C31H33Cl2N3O4. The molecule has 9 heteroatoms. The van der Waals surface area contributed by atoms with Crippen LogP contribution in [0.1, 0.15) is 38.7 Å². The maximum absolute atomic E-state index is 14.2. The number of fused-ring (bicyclic) bond motifs is 1. The summed E-state index contributed by atoms with van der Waals surface area (Å²) in [5.41, 5.74) is 0.0172. The predicted octanol–water partition coefficient (Wildman–Crippen LogP) is 5.22. The minimum Gasteiger partial charge on any atom is -0.359 e. The van der Waals surface area contributed by atoms with Gasteiger partial charge in [-0.05, 0) is 48.1 Å². The van der Waals surface area contributed by atoms with Gasteiger partial charge >= 0.3 is 0 Å². The van der Waals surface area contributed by atoms with Gasteiger partial charge in [0.25, 0.3) is 0 Å². The van der Waals surface area contributed by atoms with Crippen LogP contribution >= 0.6 is 23.2 Å². The number of likely N-dealkylation sites (tertiary alicyclic amines) is 1. The van der Waals surface area contributed by atoms with Crippen LogP contribution in [0.25, 0.3) is 0 Å². The molecule has 0 aromatic heterocycles. The van der Waals surface area contributed by atoms with Crippen molar-refractivity contribution in [3.8, 4) is 0 Å². The van der Waals surface area contributed by atoms with Crippen LogP contribution < -0.4 is 10.6 Å². The van der Waals surface area contributed by atoms with E-state index in [1.165, 1.54) is 0 Å². The number of nitrogens with zero attached hydrogens (tertiary/aromatic N) is 1. The molecule has 8 atom stereocenters. The maximum Gasteiger partial charge on any atom is 0.246 e. The van der Waals surface area contributed by atoms with E-state index in [-0.39, 0.29) is 30.3 Å². The lowest BCUT2D eigenvalue weighted by Gasteiger charge is -2.38. The van der Waals surface area contributed by atoms with Crippen LogP contribution in [0, 0.1) is 23.7 Å². The number of anilines is 1. The number of nitrogens with one attached hydrogen (secondary N) is 2. The first-order chi connectivity index (χ1) is 19.2. The number of hydrogen-bond acceptors (Lipinski definition) is 4. The smallest absolute Gasteiger partial charge is 0.246 e. The molecule has 2 aromatic carbocycles. The van der Waals surface area contributed by atoms with Gasteiger partial charge in [-0.25, -0.2) is 0 Å². The topological polar surface area (TPSA) is 87.7 Å². The highest BCUT2D eigenvalue weighted by Crippen LogP contribution is 2.55. The number of ether oxygens (including phenoxy) is 1. The third-order valence-electron chi connectivity index (χ3n) is 9.35. The van der Waals surface area contributed by atoms with E-state index in [0.29, 0.717) is 27.6 Å². The van der Waals surface area contributed by atoms with E-state index in [0.717, 1.165) is 24.8 Å². The minimum absolute atomic E-state index is 0.00785. The number of halogens is 2. The molecule has 2 bridgehead atoms. The molecule has 2 saturated heterocycles. The lowest BCUT2D eigenvalue weighted by molar-refractivity contribution is -0.142. The average Bonchev–Trinajstić information content (AvgIpc) is 3.55. The highest BCUT2D eigenvalue weighted by molar-refractivity contribution is 6.31. The molecule has 40 heavy (non-hydrogen) atoms. The Balaban J connectivity index is 1.34. The van der Waals surface area contributed by atoms with Crippen LogP contribution in [-0.4, -0.2) is 46.4 Å². The monoisotopic (exact) mass is 581 g/mol. The molecular weight excluding hydrogens is 549 g/mol. The molecule has 3 fully saturated rings. The molecule has 0 unspecified atom stereocenters. The Labute approximate surface area is 244 Å². The Kier molecular flexibility index (Phi) is 7.18. The van der Waals surface area contributed by atoms with E-state index in [2.05, 4.69) is 24.5 Å². The van der Waals surface area contributed by atoms with Gasteiger partial charge in [-0.2, -0.15) is 0 Å². The zero-order valence-electron chi connectivity index (χ0n) is 22.5. The maximum atomic E-state index is 14.2. The molecule has 3 amide bonds. The first-order valence-corrected chi connectivity index (χ1v) is 14.7. The second kappa shape index (κ2) is 10.5. The van der Waals surface area contributed by atoms with Crippen LogP contribution in [0.5, 0.6) is 0 Å². The van der Waals surface area contributed by atoms with Gasteiger partial charge in [0.1, 0.15) is 11.6 Å². The third-order valence-corrected chi connectivity index (χ3v) is 9.95. The van der Waals surface area contributed by atoms with Crippen molar-refractivity contribution in [1.82, 2.24) is 10.2 Å². The number of benzene rings is 2. The van der Waals surface area contributed by atoms with Gasteiger partial charge in [0.15, 0.2) is 0 Å². The molecule has 210 valence electrons. The van der Waals surface area contributed by atoms with Gasteiger partial charge in [0.05, 0.1) is 17.9 Å². The summed E-state index contributed by atoms with van der Waals surface area (Å²) in [6.45, 7) is 4.52. The van der Waals surface area contributed by atoms with E-state index >= 15 is 0 Å². The average molecular weight is 583 g/mol. The van der Waals surface area contributed by atoms with Crippen LogP contribution in [0.3, 0.4) is 0 Å². The molecule has 6 rings (SSSR count). The molecule has 1 spiro atoms. The summed E-state index contributed by atoms with van der Waals surface area (Å²) in [6, 6.07) is 13.2. The van der Waals surface area contributed by atoms with Crippen LogP contribution in [-0.2, 0) is 25.7 Å². The van der Waals surface area contributed by atoms with Crippen molar-refractivity contribution in [2.45, 2.75) is 63.4 Å². The summed E-state index contributed by atoms with van der Waals surface area (Å²) in [5.74, 6) is -1.72. The van der Waals surface area contributed by atoms with E-state index in [1.54, 1.807) is 35.2 Å². The fraction of sp³-hybridized carbons (Fsp3) is 0.452. The quantitative estimate of drug-likeness (QED) is 0.457. The molecule has 1 aliphatic carbocycles. The summed E-state index contributed by atoms with van der Waals surface area (Å²) in [7, 11) is 0. The normalized spacial score (nSPS) is 34.1. The summed E-state index contributed by atoms with van der Waals surface area (Å²) >= 11 is 12.6. The number of amides is 3. The SMILES string of the molecule is C[C@@H]1[C@H](C)CCC[C@@H]1NC(=O)[C@@H]1N(Cc2ccccc2Cl)C(=O)[C@@H]2[C@@H](C(=O)Nc3cccc(Cl)c3)[C@@H]3C=C[C@]21O3. The van der Waals surface area contributed by atoms with Crippen molar-refractivity contribution in [3.63, 3.8) is 0 Å². The van der Waals surface area contributed by atoms with E-state index in [9.17, 15) is 14.4 Å². The minimum atomic E-state index is -1.24. The Bertz CT molecular complexity index is 1380. The van der Waals surface area contributed by atoms with Crippen LogP contribution in [0.15, 0.2) is 60.7 Å². The van der Waals surface area contributed by atoms with Crippen molar-refractivity contribution in [2.24, 2.45) is 23.7 Å². The van der Waals surface area contributed by atoms with Gasteiger partial charge < -0.3 is 20.3 Å². The second-order valence-corrected chi connectivity index (χ2v) is 12.5. The Morgan fingerprint density at radius 2 is 1.88 bits per heavy atom. The third kappa shape index (κ3) is 4.52. The zero-order valence-corrected chi connectivity index (χ0v) is 24.0. The summed E-state index contributed by atoms with van der Waals surface area (Å²) < 4.78 is 6.46. The van der Waals surface area contributed by atoms with Crippen LogP contribution in [0.2, 0.25) is 10.0 Å². The Morgan fingerprint density at radius 1 is 1.07 bits per heavy atom. The summed E-state index contributed by atoms with van der Waals surface area (Å²) in [6.07, 6.45) is 6.10. The molecule has 1 saturated carbocycles. The molecule has 7 nitrogen and oxygen atoms in total. The number of hydrogen-bond donors (Lipinski definition) is 2.